The Labute approximate surface area is 121 Å². The highest BCUT2D eigenvalue weighted by molar-refractivity contribution is 6.02. The van der Waals surface area contributed by atoms with Gasteiger partial charge in [-0.1, -0.05) is 0 Å². The zero-order valence-corrected chi connectivity index (χ0v) is 11.3. The highest BCUT2D eigenvalue weighted by Gasteiger charge is 2.30. The van der Waals surface area contributed by atoms with Crippen LogP contribution in [0.5, 0.6) is 0 Å². The Kier molecular flexibility index (Phi) is 2.64. The van der Waals surface area contributed by atoms with Crippen molar-refractivity contribution in [2.75, 3.05) is 0 Å². The molecule has 0 spiro atoms. The van der Waals surface area contributed by atoms with E-state index < -0.39 is 0 Å². The predicted octanol–water partition coefficient (Wildman–Crippen LogP) is 3.76. The van der Waals surface area contributed by atoms with Gasteiger partial charge in [0.25, 0.3) is 0 Å². The van der Waals surface area contributed by atoms with E-state index in [2.05, 4.69) is 5.10 Å². The molecule has 1 aliphatic rings. The standard InChI is InChI=1S/C17H13FN2O/c18-14-4-6-15(7-5-14)20-16-8-3-12(9-13(16)10-19-20)17(21)11-1-2-11/h3-11H,1-2H2. The second kappa shape index (κ2) is 4.52. The van der Waals surface area contributed by atoms with Gasteiger partial charge in [0.1, 0.15) is 5.82 Å². The predicted molar refractivity (Wildman–Crippen MR) is 78.1 cm³/mol. The van der Waals surface area contributed by atoms with Crippen molar-refractivity contribution >= 4 is 16.7 Å². The van der Waals surface area contributed by atoms with Crippen LogP contribution in [0, 0.1) is 11.7 Å². The minimum absolute atomic E-state index is 0.217. The molecule has 0 atom stereocenters. The molecule has 0 radical (unpaired) electrons. The summed E-state index contributed by atoms with van der Waals surface area (Å²) in [7, 11) is 0. The molecular weight excluding hydrogens is 267 g/mol. The van der Waals surface area contributed by atoms with E-state index in [0.717, 1.165) is 35.0 Å². The molecule has 21 heavy (non-hydrogen) atoms. The van der Waals surface area contributed by atoms with E-state index in [-0.39, 0.29) is 17.5 Å². The number of hydrogen-bond acceptors (Lipinski definition) is 2. The Morgan fingerprint density at radius 1 is 1.14 bits per heavy atom. The van der Waals surface area contributed by atoms with Gasteiger partial charge in [-0.3, -0.25) is 4.79 Å². The smallest absolute Gasteiger partial charge is 0.165 e. The van der Waals surface area contributed by atoms with Crippen LogP contribution in [0.3, 0.4) is 0 Å². The lowest BCUT2D eigenvalue weighted by atomic mass is 10.1. The zero-order valence-electron chi connectivity index (χ0n) is 11.3. The van der Waals surface area contributed by atoms with E-state index in [9.17, 15) is 9.18 Å². The molecule has 3 aromatic rings. The van der Waals surface area contributed by atoms with Crippen molar-refractivity contribution in [3.05, 3.63) is 60.0 Å². The number of fused-ring (bicyclic) bond motifs is 1. The topological polar surface area (TPSA) is 34.9 Å². The molecule has 1 heterocycles. The average molecular weight is 280 g/mol. The van der Waals surface area contributed by atoms with Crippen LogP contribution in [0.4, 0.5) is 4.39 Å². The molecule has 4 rings (SSSR count). The van der Waals surface area contributed by atoms with Crippen molar-refractivity contribution in [1.82, 2.24) is 9.78 Å². The number of halogens is 1. The average Bonchev–Trinajstić information content (AvgIpc) is 3.27. The maximum Gasteiger partial charge on any atom is 0.165 e. The van der Waals surface area contributed by atoms with E-state index in [1.807, 2.05) is 18.2 Å². The normalized spacial score (nSPS) is 14.5. The van der Waals surface area contributed by atoms with Crippen LogP contribution < -0.4 is 0 Å². The fourth-order valence-corrected chi connectivity index (χ4v) is 2.56. The molecule has 3 nitrogen and oxygen atoms in total. The number of hydrogen-bond donors (Lipinski definition) is 0. The van der Waals surface area contributed by atoms with Gasteiger partial charge >= 0.3 is 0 Å². The van der Waals surface area contributed by atoms with Gasteiger partial charge in [-0.25, -0.2) is 9.07 Å². The molecule has 1 saturated carbocycles. The highest BCUT2D eigenvalue weighted by atomic mass is 19.1. The first kappa shape index (κ1) is 12.3. The molecule has 2 aromatic carbocycles. The van der Waals surface area contributed by atoms with Gasteiger partial charge in [-0.2, -0.15) is 5.10 Å². The summed E-state index contributed by atoms with van der Waals surface area (Å²) in [6.45, 7) is 0. The third kappa shape index (κ3) is 2.13. The summed E-state index contributed by atoms with van der Waals surface area (Å²) < 4.78 is 14.7. The lowest BCUT2D eigenvalue weighted by molar-refractivity contribution is 0.0968. The van der Waals surface area contributed by atoms with E-state index in [4.69, 9.17) is 0 Å². The van der Waals surface area contributed by atoms with E-state index in [1.54, 1.807) is 23.0 Å². The summed E-state index contributed by atoms with van der Waals surface area (Å²) >= 11 is 0. The van der Waals surface area contributed by atoms with Gasteiger partial charge in [-0.05, 0) is 55.3 Å². The maximum absolute atomic E-state index is 13.0. The molecule has 0 amide bonds. The van der Waals surface area contributed by atoms with Crippen molar-refractivity contribution < 1.29 is 9.18 Å². The van der Waals surface area contributed by atoms with Crippen LogP contribution in [0.2, 0.25) is 0 Å². The third-order valence-corrected chi connectivity index (χ3v) is 3.87. The quantitative estimate of drug-likeness (QED) is 0.685. The summed E-state index contributed by atoms with van der Waals surface area (Å²) in [5.41, 5.74) is 2.46. The van der Waals surface area contributed by atoms with Crippen LogP contribution >= 0.6 is 0 Å². The van der Waals surface area contributed by atoms with Gasteiger partial charge in [-0.15, -0.1) is 0 Å². The van der Waals surface area contributed by atoms with Gasteiger partial charge in [0.2, 0.25) is 0 Å². The molecular formula is C17H13FN2O. The minimum atomic E-state index is -0.271. The number of carbonyl (C=O) groups excluding carboxylic acids is 1. The number of benzene rings is 2. The Morgan fingerprint density at radius 3 is 2.62 bits per heavy atom. The minimum Gasteiger partial charge on any atom is -0.294 e. The largest absolute Gasteiger partial charge is 0.294 e. The SMILES string of the molecule is O=C(c1ccc2c(cnn2-c2ccc(F)cc2)c1)C1CC1. The van der Waals surface area contributed by atoms with Gasteiger partial charge in [0.05, 0.1) is 17.4 Å². The number of Topliss-reactive ketones (excluding diaryl/α,β-unsaturated/α-hetero) is 1. The van der Waals surface area contributed by atoms with E-state index in [0.29, 0.717) is 0 Å². The van der Waals surface area contributed by atoms with Crippen LogP contribution in [-0.2, 0) is 0 Å². The number of rotatable bonds is 3. The van der Waals surface area contributed by atoms with Gasteiger partial charge in [0, 0.05) is 16.9 Å². The van der Waals surface area contributed by atoms with Crippen molar-refractivity contribution in [3.63, 3.8) is 0 Å². The number of nitrogens with zero attached hydrogens (tertiary/aromatic N) is 2. The molecule has 0 bridgehead atoms. The number of ketones is 1. The zero-order chi connectivity index (χ0) is 14.4. The van der Waals surface area contributed by atoms with Crippen LogP contribution in [0.25, 0.3) is 16.6 Å². The molecule has 104 valence electrons. The molecule has 0 unspecified atom stereocenters. The lowest BCUT2D eigenvalue weighted by Crippen LogP contribution is -2.01. The summed E-state index contributed by atoms with van der Waals surface area (Å²) in [6.07, 6.45) is 3.75. The second-order valence-corrected chi connectivity index (χ2v) is 5.44. The fraction of sp³-hybridized carbons (Fsp3) is 0.176. The molecule has 0 N–H and O–H groups in total. The number of carbonyl (C=O) groups is 1. The fourth-order valence-electron chi connectivity index (χ4n) is 2.56. The van der Waals surface area contributed by atoms with E-state index >= 15 is 0 Å². The van der Waals surface area contributed by atoms with Crippen LogP contribution in [0.1, 0.15) is 23.2 Å². The van der Waals surface area contributed by atoms with Crippen LogP contribution in [0.15, 0.2) is 48.7 Å². The molecule has 1 aliphatic carbocycles. The maximum atomic E-state index is 13.0. The first-order valence-corrected chi connectivity index (χ1v) is 7.00. The molecule has 1 aromatic heterocycles. The van der Waals surface area contributed by atoms with Crippen molar-refractivity contribution in [2.24, 2.45) is 5.92 Å². The molecule has 0 aliphatic heterocycles. The van der Waals surface area contributed by atoms with Gasteiger partial charge < -0.3 is 0 Å². The van der Waals surface area contributed by atoms with Crippen molar-refractivity contribution in [3.8, 4) is 5.69 Å². The third-order valence-electron chi connectivity index (χ3n) is 3.87. The Hall–Kier alpha value is -2.49. The molecule has 4 heteroatoms. The summed E-state index contributed by atoms with van der Waals surface area (Å²) in [5.74, 6) is 0.175. The number of aromatic nitrogens is 2. The highest BCUT2D eigenvalue weighted by Crippen LogP contribution is 2.33. The summed E-state index contributed by atoms with van der Waals surface area (Å²) in [5, 5.41) is 5.26. The Morgan fingerprint density at radius 2 is 1.90 bits per heavy atom. The Bertz CT molecular complexity index is 832. The first-order chi connectivity index (χ1) is 10.2. The summed E-state index contributed by atoms with van der Waals surface area (Å²) in [4.78, 5) is 12.1. The second-order valence-electron chi connectivity index (χ2n) is 5.44. The van der Waals surface area contributed by atoms with Crippen LogP contribution in [-0.4, -0.2) is 15.6 Å². The van der Waals surface area contributed by atoms with Crippen molar-refractivity contribution in [1.29, 1.82) is 0 Å². The first-order valence-electron chi connectivity index (χ1n) is 7.00. The Balaban J connectivity index is 1.78. The molecule has 1 fully saturated rings. The lowest BCUT2D eigenvalue weighted by Gasteiger charge is -2.04. The van der Waals surface area contributed by atoms with Crippen molar-refractivity contribution in [2.45, 2.75) is 12.8 Å². The van der Waals surface area contributed by atoms with Gasteiger partial charge in [0.15, 0.2) is 5.78 Å². The van der Waals surface area contributed by atoms with E-state index in [1.165, 1.54) is 12.1 Å². The summed E-state index contributed by atoms with van der Waals surface area (Å²) in [6, 6.07) is 11.8. The monoisotopic (exact) mass is 280 g/mol. The molecule has 0 saturated heterocycles.